The molecule has 0 unspecified atom stereocenters. The Bertz CT molecular complexity index is 366. The second-order valence-electron chi connectivity index (χ2n) is 2.71. The van der Waals surface area contributed by atoms with E-state index in [1.54, 1.807) is 0 Å². The molecule has 0 amide bonds. The molecule has 0 aliphatic heterocycles. The second kappa shape index (κ2) is 4.04. The predicted octanol–water partition coefficient (Wildman–Crippen LogP) is 1.61. The summed E-state index contributed by atoms with van der Waals surface area (Å²) in [4.78, 5) is 10.4. The van der Waals surface area contributed by atoms with Gasteiger partial charge in [0.05, 0.1) is 5.56 Å². The van der Waals surface area contributed by atoms with E-state index < -0.39 is 17.6 Å². The van der Waals surface area contributed by atoms with Crippen molar-refractivity contribution in [2.75, 3.05) is 5.73 Å². The lowest BCUT2D eigenvalue weighted by Gasteiger charge is -2.07. The van der Waals surface area contributed by atoms with Crippen LogP contribution in [0, 0.1) is 11.6 Å². The average Bonchev–Trinajstić information content (AvgIpc) is 2.11. The Kier molecular flexibility index (Phi) is 3.01. The molecule has 14 heavy (non-hydrogen) atoms. The summed E-state index contributed by atoms with van der Waals surface area (Å²) in [6.07, 6.45) is 0. The first-order valence-electron chi connectivity index (χ1n) is 3.88. The molecule has 0 aliphatic rings. The zero-order chi connectivity index (χ0) is 10.7. The van der Waals surface area contributed by atoms with Gasteiger partial charge in [-0.3, -0.25) is 4.79 Å². The van der Waals surface area contributed by atoms with Crippen LogP contribution in [0.25, 0.3) is 0 Å². The molecule has 0 aromatic heterocycles. The molecule has 0 radical (unpaired) electrons. The van der Waals surface area contributed by atoms with Gasteiger partial charge >= 0.3 is 5.97 Å². The normalized spacial score (nSPS) is 9.93. The number of hydrogen-bond acceptors (Lipinski definition) is 3. The molecule has 0 aliphatic carbocycles. The monoisotopic (exact) mass is 201 g/mol. The number of carbonyl (C=O) groups excluding carboxylic acids is 1. The summed E-state index contributed by atoms with van der Waals surface area (Å²) in [6.45, 7) is 0.818. The van der Waals surface area contributed by atoms with Gasteiger partial charge in [-0.1, -0.05) is 0 Å². The molecular formula is C9H9F2NO2. The maximum atomic E-state index is 13.1. The highest BCUT2D eigenvalue weighted by Crippen LogP contribution is 2.19. The number of halogens is 2. The predicted molar refractivity (Wildman–Crippen MR) is 46.2 cm³/mol. The first-order chi connectivity index (χ1) is 6.52. The highest BCUT2D eigenvalue weighted by atomic mass is 19.2. The lowest BCUT2D eigenvalue weighted by molar-refractivity contribution is -0.142. The highest BCUT2D eigenvalue weighted by molar-refractivity contribution is 5.66. The van der Waals surface area contributed by atoms with E-state index >= 15 is 0 Å². The van der Waals surface area contributed by atoms with Gasteiger partial charge < -0.3 is 10.5 Å². The average molecular weight is 201 g/mol. The molecule has 0 atom stereocenters. The SMILES string of the molecule is CC(=O)OCc1c(N)ccc(F)c1F. The Hall–Kier alpha value is -1.65. The van der Waals surface area contributed by atoms with Crippen molar-refractivity contribution in [2.24, 2.45) is 0 Å². The van der Waals surface area contributed by atoms with Gasteiger partial charge in [0.1, 0.15) is 6.61 Å². The Morgan fingerprint density at radius 3 is 2.71 bits per heavy atom. The fourth-order valence-corrected chi connectivity index (χ4v) is 0.928. The van der Waals surface area contributed by atoms with Crippen molar-refractivity contribution >= 4 is 11.7 Å². The van der Waals surface area contributed by atoms with Gasteiger partial charge in [0.15, 0.2) is 11.6 Å². The zero-order valence-electron chi connectivity index (χ0n) is 7.51. The molecule has 5 heteroatoms. The largest absolute Gasteiger partial charge is 0.461 e. The van der Waals surface area contributed by atoms with Crippen molar-refractivity contribution in [2.45, 2.75) is 13.5 Å². The van der Waals surface area contributed by atoms with Crippen LogP contribution in [0.15, 0.2) is 12.1 Å². The zero-order valence-corrected chi connectivity index (χ0v) is 7.51. The highest BCUT2D eigenvalue weighted by Gasteiger charge is 2.12. The van der Waals surface area contributed by atoms with Gasteiger partial charge in [0, 0.05) is 12.6 Å². The third-order valence-electron chi connectivity index (χ3n) is 1.65. The van der Waals surface area contributed by atoms with Gasteiger partial charge in [-0.2, -0.15) is 0 Å². The molecule has 2 N–H and O–H groups in total. The quantitative estimate of drug-likeness (QED) is 0.584. The van der Waals surface area contributed by atoms with E-state index in [-0.39, 0.29) is 17.9 Å². The molecule has 0 spiro atoms. The summed E-state index contributed by atoms with van der Waals surface area (Å²) in [6, 6.07) is 2.14. The van der Waals surface area contributed by atoms with E-state index in [2.05, 4.69) is 4.74 Å². The maximum absolute atomic E-state index is 13.1. The second-order valence-corrected chi connectivity index (χ2v) is 2.71. The molecule has 1 rings (SSSR count). The number of hydrogen-bond donors (Lipinski definition) is 1. The summed E-state index contributed by atoms with van der Waals surface area (Å²) in [5.74, 6) is -2.67. The Morgan fingerprint density at radius 2 is 2.14 bits per heavy atom. The van der Waals surface area contributed by atoms with E-state index in [1.165, 1.54) is 13.0 Å². The van der Waals surface area contributed by atoms with Crippen molar-refractivity contribution in [3.8, 4) is 0 Å². The molecular weight excluding hydrogens is 192 g/mol. The van der Waals surface area contributed by atoms with E-state index in [4.69, 9.17) is 5.73 Å². The molecule has 0 saturated heterocycles. The van der Waals surface area contributed by atoms with E-state index in [0.29, 0.717) is 0 Å². The Morgan fingerprint density at radius 1 is 1.50 bits per heavy atom. The van der Waals surface area contributed by atoms with Crippen LogP contribution in [-0.2, 0) is 16.1 Å². The maximum Gasteiger partial charge on any atom is 0.302 e. The molecule has 1 aromatic carbocycles. The minimum atomic E-state index is -1.08. The van der Waals surface area contributed by atoms with Crippen LogP contribution in [0.2, 0.25) is 0 Å². The summed E-state index contributed by atoms with van der Waals surface area (Å²) < 4.78 is 30.3. The van der Waals surface area contributed by atoms with Crippen molar-refractivity contribution in [3.63, 3.8) is 0 Å². The van der Waals surface area contributed by atoms with E-state index in [0.717, 1.165) is 6.07 Å². The topological polar surface area (TPSA) is 52.3 Å². The van der Waals surface area contributed by atoms with Crippen LogP contribution in [0.5, 0.6) is 0 Å². The minimum absolute atomic E-state index is 0.0603. The number of esters is 1. The van der Waals surface area contributed by atoms with Gasteiger partial charge in [-0.25, -0.2) is 8.78 Å². The standard InChI is InChI=1S/C9H9F2NO2/c1-5(13)14-4-6-8(12)3-2-7(10)9(6)11/h2-3H,4,12H2,1H3. The van der Waals surface area contributed by atoms with Gasteiger partial charge in [-0.15, -0.1) is 0 Å². The summed E-state index contributed by atoms with van der Waals surface area (Å²) >= 11 is 0. The van der Waals surface area contributed by atoms with Crippen LogP contribution in [-0.4, -0.2) is 5.97 Å². The number of carbonyl (C=O) groups is 1. The summed E-state index contributed by atoms with van der Waals surface area (Å²) in [5.41, 5.74) is 5.30. The summed E-state index contributed by atoms with van der Waals surface area (Å²) in [5, 5.41) is 0. The number of nitrogens with two attached hydrogens (primary N) is 1. The number of nitrogen functional groups attached to an aromatic ring is 1. The third-order valence-corrected chi connectivity index (χ3v) is 1.65. The number of anilines is 1. The summed E-state index contributed by atoms with van der Waals surface area (Å²) in [7, 11) is 0. The van der Waals surface area contributed by atoms with Crippen molar-refractivity contribution in [1.82, 2.24) is 0 Å². The van der Waals surface area contributed by atoms with Crippen molar-refractivity contribution < 1.29 is 18.3 Å². The van der Waals surface area contributed by atoms with E-state index in [9.17, 15) is 13.6 Å². The van der Waals surface area contributed by atoms with Gasteiger partial charge in [-0.05, 0) is 12.1 Å². The number of rotatable bonds is 2. The molecule has 0 bridgehead atoms. The lowest BCUT2D eigenvalue weighted by Crippen LogP contribution is -2.05. The first kappa shape index (κ1) is 10.4. The first-order valence-corrected chi connectivity index (χ1v) is 3.88. The van der Waals surface area contributed by atoms with Gasteiger partial charge in [0.2, 0.25) is 0 Å². The molecule has 0 saturated carbocycles. The smallest absolute Gasteiger partial charge is 0.302 e. The molecule has 3 nitrogen and oxygen atoms in total. The fraction of sp³-hybridized carbons (Fsp3) is 0.222. The van der Waals surface area contributed by atoms with Crippen LogP contribution < -0.4 is 5.73 Å². The number of benzene rings is 1. The molecule has 0 fully saturated rings. The lowest BCUT2D eigenvalue weighted by atomic mass is 10.2. The van der Waals surface area contributed by atoms with Crippen LogP contribution >= 0.6 is 0 Å². The van der Waals surface area contributed by atoms with E-state index in [1.807, 2.05) is 0 Å². The van der Waals surface area contributed by atoms with Crippen molar-refractivity contribution in [1.29, 1.82) is 0 Å². The molecule has 0 heterocycles. The van der Waals surface area contributed by atoms with Crippen molar-refractivity contribution in [3.05, 3.63) is 29.3 Å². The van der Waals surface area contributed by atoms with Gasteiger partial charge in [0.25, 0.3) is 0 Å². The third kappa shape index (κ3) is 2.18. The molecule has 76 valence electrons. The van der Waals surface area contributed by atoms with Crippen LogP contribution in [0.4, 0.5) is 14.5 Å². The Balaban J connectivity index is 2.95. The Labute approximate surface area is 79.5 Å². The molecule has 1 aromatic rings. The van der Waals surface area contributed by atoms with Crippen LogP contribution in [0.3, 0.4) is 0 Å². The fourth-order valence-electron chi connectivity index (χ4n) is 0.928. The minimum Gasteiger partial charge on any atom is -0.461 e. The van der Waals surface area contributed by atoms with Crippen LogP contribution in [0.1, 0.15) is 12.5 Å². The number of ether oxygens (including phenoxy) is 1.